The van der Waals surface area contributed by atoms with E-state index in [4.69, 9.17) is 16.0 Å². The molecule has 0 aromatic carbocycles. The third-order valence-electron chi connectivity index (χ3n) is 2.94. The van der Waals surface area contributed by atoms with Gasteiger partial charge in [-0.1, -0.05) is 4.98 Å². The van der Waals surface area contributed by atoms with Gasteiger partial charge in [0.1, 0.15) is 0 Å². The molecule has 1 saturated heterocycles. The molecule has 11 nitrogen and oxygen atoms in total. The zero-order valence-corrected chi connectivity index (χ0v) is 12.2. The fraction of sp³-hybridized carbons (Fsp3) is 0.556. The van der Waals surface area contributed by atoms with E-state index in [-0.39, 0.29) is 17.2 Å². The summed E-state index contributed by atoms with van der Waals surface area (Å²) >= 11 is 0. The predicted octanol–water partition coefficient (Wildman–Crippen LogP) is -2.66. The van der Waals surface area contributed by atoms with Crippen LogP contribution in [0.5, 0.6) is 0 Å². The maximum atomic E-state index is 10.7. The van der Waals surface area contributed by atoms with E-state index in [2.05, 4.69) is 14.2 Å². The van der Waals surface area contributed by atoms with E-state index in [1.807, 2.05) is 11.9 Å². The number of rotatable bonds is 3. The highest BCUT2D eigenvalue weighted by Gasteiger charge is 2.24. The Morgan fingerprint density at radius 1 is 1.33 bits per heavy atom. The summed E-state index contributed by atoms with van der Waals surface area (Å²) in [6.45, 7) is 3.26. The zero-order chi connectivity index (χ0) is 14.9. The summed E-state index contributed by atoms with van der Waals surface area (Å²) in [6.07, 6.45) is 0. The van der Waals surface area contributed by atoms with Crippen LogP contribution in [0.4, 0.5) is 17.6 Å². The largest absolute Gasteiger partial charge is 0.870 e. The van der Waals surface area contributed by atoms with Gasteiger partial charge in [0.15, 0.2) is 5.82 Å². The van der Waals surface area contributed by atoms with Crippen molar-refractivity contribution in [3.05, 3.63) is 6.07 Å². The van der Waals surface area contributed by atoms with E-state index in [9.17, 15) is 8.42 Å². The van der Waals surface area contributed by atoms with Crippen molar-refractivity contribution >= 4 is 28.0 Å². The summed E-state index contributed by atoms with van der Waals surface area (Å²) in [5.41, 5.74) is 11.3. The highest BCUT2D eigenvalue weighted by atomic mass is 32.3. The molecule has 0 spiro atoms. The smallest absolute Gasteiger partial charge is 0.474 e. The quantitative estimate of drug-likeness (QED) is 0.394. The maximum Gasteiger partial charge on any atom is 0.474 e. The Labute approximate surface area is 121 Å². The molecule has 1 aromatic heterocycles. The summed E-state index contributed by atoms with van der Waals surface area (Å²) in [5.74, 6) is 0.184. The number of hydrogen-bond acceptors (Lipinski definition) is 9. The number of nitrogens with two attached hydrogens (primary N) is 2. The SMILES string of the molecule is CN1CCN(c2cc(N)[n+](OS(=O)(=O)O)c(N)n2)CC1.[OH-]. The van der Waals surface area contributed by atoms with E-state index in [0.29, 0.717) is 10.5 Å². The standard InChI is InChI=1S/C9H16N6O4S.H2O/c1-13-2-4-14(5-3-13)8-6-7(10)15(9(11)12-8)19-20(16,17)18;/h6H,2-5H2,1H3,(H4,10,11,12,16,17,18);1H2. The molecule has 1 fully saturated rings. The molecule has 0 radical (unpaired) electrons. The van der Waals surface area contributed by atoms with Gasteiger partial charge in [0.2, 0.25) is 5.82 Å². The Balaban J connectivity index is 0.00000220. The molecule has 0 unspecified atom stereocenters. The van der Waals surface area contributed by atoms with Gasteiger partial charge in [0, 0.05) is 26.2 Å². The van der Waals surface area contributed by atoms with Crippen LogP contribution >= 0.6 is 0 Å². The molecule has 0 atom stereocenters. The van der Waals surface area contributed by atoms with Gasteiger partial charge < -0.3 is 26.7 Å². The molecule has 6 N–H and O–H groups in total. The van der Waals surface area contributed by atoms with E-state index < -0.39 is 10.4 Å². The Kier molecular flexibility index (Phi) is 5.11. The lowest BCUT2D eigenvalue weighted by Gasteiger charge is -2.32. The fourth-order valence-electron chi connectivity index (χ4n) is 1.89. The number of likely N-dealkylation sites (N-methyl/N-ethyl adjacent to an activating group) is 1. The van der Waals surface area contributed by atoms with Gasteiger partial charge in [0.25, 0.3) is 0 Å². The van der Waals surface area contributed by atoms with Crippen LogP contribution in [0.25, 0.3) is 0 Å². The number of nitrogens with zero attached hydrogens (tertiary/aromatic N) is 4. The number of piperazine rings is 1. The Hall–Kier alpha value is -1.89. The molecule has 21 heavy (non-hydrogen) atoms. The number of nitrogen functional groups attached to an aromatic ring is 2. The van der Waals surface area contributed by atoms with E-state index >= 15 is 0 Å². The van der Waals surface area contributed by atoms with Crippen molar-refractivity contribution in [1.82, 2.24) is 9.88 Å². The van der Waals surface area contributed by atoms with Crippen LogP contribution in [0.15, 0.2) is 6.07 Å². The lowest BCUT2D eigenvalue weighted by Crippen LogP contribution is -2.51. The first kappa shape index (κ1) is 17.2. The second kappa shape index (κ2) is 6.26. The van der Waals surface area contributed by atoms with Gasteiger partial charge in [-0.25, -0.2) is 4.28 Å². The number of aromatic nitrogens is 2. The molecule has 2 heterocycles. The highest BCUT2D eigenvalue weighted by Crippen LogP contribution is 2.15. The van der Waals surface area contributed by atoms with Gasteiger partial charge in [-0.2, -0.15) is 8.42 Å². The van der Waals surface area contributed by atoms with Crippen molar-refractivity contribution in [3.8, 4) is 0 Å². The van der Waals surface area contributed by atoms with Crippen LogP contribution in [0.3, 0.4) is 0 Å². The molecule has 0 aliphatic carbocycles. The minimum atomic E-state index is -4.72. The maximum absolute atomic E-state index is 10.7. The molecular weight excluding hydrogens is 304 g/mol. The normalized spacial score (nSPS) is 16.4. The molecule has 2 rings (SSSR count). The van der Waals surface area contributed by atoms with Crippen LogP contribution in [-0.4, -0.2) is 61.6 Å². The highest BCUT2D eigenvalue weighted by molar-refractivity contribution is 7.80. The summed E-state index contributed by atoms with van der Waals surface area (Å²) in [7, 11) is -2.70. The molecule has 0 bridgehead atoms. The van der Waals surface area contributed by atoms with Crippen LogP contribution < -0.4 is 25.4 Å². The lowest BCUT2D eigenvalue weighted by molar-refractivity contribution is -0.835. The Bertz CT molecular complexity index is 578. The molecule has 120 valence electrons. The van der Waals surface area contributed by atoms with Crippen molar-refractivity contribution in [2.45, 2.75) is 0 Å². The van der Waals surface area contributed by atoms with Crippen molar-refractivity contribution < 1.29 is 27.5 Å². The first-order valence-electron chi connectivity index (χ1n) is 5.85. The van der Waals surface area contributed by atoms with Crippen LogP contribution in [0.1, 0.15) is 0 Å². The average molecular weight is 322 g/mol. The van der Waals surface area contributed by atoms with Gasteiger partial charge in [-0.05, 0) is 11.8 Å². The molecule has 1 aliphatic heterocycles. The number of anilines is 3. The summed E-state index contributed by atoms with van der Waals surface area (Å²) < 4.78 is 34.8. The summed E-state index contributed by atoms with van der Waals surface area (Å²) in [4.78, 5) is 8.19. The predicted molar refractivity (Wildman–Crippen MR) is 73.0 cm³/mol. The Morgan fingerprint density at radius 3 is 2.38 bits per heavy atom. The lowest BCUT2D eigenvalue weighted by atomic mass is 10.3. The molecule has 0 amide bonds. The van der Waals surface area contributed by atoms with Crippen molar-refractivity contribution in [3.63, 3.8) is 0 Å². The van der Waals surface area contributed by atoms with Gasteiger partial charge in [-0.15, -0.1) is 0 Å². The minimum Gasteiger partial charge on any atom is -0.870 e. The van der Waals surface area contributed by atoms with Crippen molar-refractivity contribution in [2.24, 2.45) is 0 Å². The van der Waals surface area contributed by atoms with Crippen molar-refractivity contribution in [2.75, 3.05) is 49.6 Å². The van der Waals surface area contributed by atoms with Crippen molar-refractivity contribution in [1.29, 1.82) is 0 Å². The first-order valence-corrected chi connectivity index (χ1v) is 7.22. The van der Waals surface area contributed by atoms with Gasteiger partial charge in [0.05, 0.1) is 6.07 Å². The number of hydrogen-bond donors (Lipinski definition) is 3. The first-order chi connectivity index (χ1) is 9.26. The van der Waals surface area contributed by atoms with E-state index in [1.54, 1.807) is 0 Å². The third kappa shape index (κ3) is 4.29. The molecule has 1 aliphatic rings. The van der Waals surface area contributed by atoms with Gasteiger partial charge >= 0.3 is 16.3 Å². The summed E-state index contributed by atoms with van der Waals surface area (Å²) in [5, 5.41) is 0. The zero-order valence-electron chi connectivity index (χ0n) is 11.4. The van der Waals surface area contributed by atoms with E-state index in [0.717, 1.165) is 26.2 Å². The van der Waals surface area contributed by atoms with Crippen LogP contribution in [0.2, 0.25) is 0 Å². The average Bonchev–Trinajstić information content (AvgIpc) is 2.33. The van der Waals surface area contributed by atoms with Crippen LogP contribution in [-0.2, 0) is 10.4 Å². The molecule has 12 heteroatoms. The van der Waals surface area contributed by atoms with Gasteiger partial charge in [-0.3, -0.25) is 4.55 Å². The monoisotopic (exact) mass is 322 g/mol. The molecule has 0 saturated carbocycles. The minimum absolute atomic E-state index is 0. The summed E-state index contributed by atoms with van der Waals surface area (Å²) in [6, 6.07) is 1.44. The third-order valence-corrected chi connectivity index (χ3v) is 3.28. The molecule has 1 aromatic rings. The topological polar surface area (TPSA) is 169 Å². The second-order valence-electron chi connectivity index (χ2n) is 4.48. The second-order valence-corrected chi connectivity index (χ2v) is 5.49. The van der Waals surface area contributed by atoms with Crippen LogP contribution in [0, 0.1) is 0 Å². The molecular formula is C9H18N6O5S. The van der Waals surface area contributed by atoms with E-state index in [1.165, 1.54) is 6.07 Å². The Morgan fingerprint density at radius 2 is 1.90 bits per heavy atom. The fourth-order valence-corrected chi connectivity index (χ4v) is 2.24.